The molecule has 0 aliphatic carbocycles. The van der Waals surface area contributed by atoms with Crippen molar-refractivity contribution < 1.29 is 4.74 Å². The molecule has 0 atom stereocenters. The Balaban J connectivity index is 1.52. The second-order valence-electron chi connectivity index (χ2n) is 7.56. The summed E-state index contributed by atoms with van der Waals surface area (Å²) >= 11 is 5.94. The molecule has 29 heavy (non-hydrogen) atoms. The number of fused-ring (bicyclic) bond motifs is 1. The molecule has 1 aliphatic heterocycles. The van der Waals surface area contributed by atoms with Crippen LogP contribution in [0.5, 0.6) is 0 Å². The molecular weight excluding hydrogens is 386 g/mol. The van der Waals surface area contributed by atoms with Crippen LogP contribution in [0.4, 0.5) is 0 Å². The maximum atomic E-state index is 13.1. The highest BCUT2D eigenvalue weighted by Gasteiger charge is 2.13. The Morgan fingerprint density at radius 2 is 1.76 bits per heavy atom. The van der Waals surface area contributed by atoms with Crippen molar-refractivity contribution in [1.82, 2.24) is 14.8 Å². The number of hydrogen-bond acceptors (Lipinski definition) is 4. The first-order chi connectivity index (χ1) is 14.1. The van der Waals surface area contributed by atoms with Crippen LogP contribution in [0.25, 0.3) is 10.9 Å². The standard InChI is InChI=1S/C23H26ClN3O2/c1-26-16-19(14-25-13-17-2-5-20(24)6-3-17)23(28)21-12-18(4-7-22(21)26)15-27-8-10-29-11-9-27/h2-7,12,16,25H,8-11,13-15H2,1H3. The minimum absolute atomic E-state index is 0.102. The number of morpholine rings is 1. The van der Waals surface area contributed by atoms with E-state index in [1.54, 1.807) is 0 Å². The van der Waals surface area contributed by atoms with Gasteiger partial charge in [-0.3, -0.25) is 9.69 Å². The summed E-state index contributed by atoms with van der Waals surface area (Å²) in [4.78, 5) is 15.5. The number of pyridine rings is 1. The second kappa shape index (κ2) is 9.09. The van der Waals surface area contributed by atoms with Gasteiger partial charge in [0.05, 0.1) is 18.7 Å². The maximum absolute atomic E-state index is 13.1. The molecule has 1 fully saturated rings. The molecule has 3 aromatic rings. The molecule has 5 nitrogen and oxygen atoms in total. The summed E-state index contributed by atoms with van der Waals surface area (Å²) in [5.41, 5.74) is 4.15. The predicted molar refractivity (Wildman–Crippen MR) is 117 cm³/mol. The fourth-order valence-corrected chi connectivity index (χ4v) is 3.92. The molecule has 0 bridgehead atoms. The van der Waals surface area contributed by atoms with E-state index in [2.05, 4.69) is 28.4 Å². The number of ether oxygens (including phenoxy) is 1. The van der Waals surface area contributed by atoms with E-state index < -0.39 is 0 Å². The van der Waals surface area contributed by atoms with Gasteiger partial charge in [0.25, 0.3) is 0 Å². The molecule has 0 unspecified atom stereocenters. The minimum Gasteiger partial charge on any atom is -0.379 e. The molecule has 1 N–H and O–H groups in total. The van der Waals surface area contributed by atoms with Crippen LogP contribution in [-0.2, 0) is 31.4 Å². The Hall–Kier alpha value is -2.18. The number of rotatable bonds is 6. The average molecular weight is 412 g/mol. The van der Waals surface area contributed by atoms with Gasteiger partial charge in [-0.15, -0.1) is 0 Å². The molecule has 2 aromatic carbocycles. The Kier molecular flexibility index (Phi) is 6.31. The Morgan fingerprint density at radius 3 is 2.52 bits per heavy atom. The first kappa shape index (κ1) is 20.1. The highest BCUT2D eigenvalue weighted by atomic mass is 35.5. The lowest BCUT2D eigenvalue weighted by Gasteiger charge is -2.26. The highest BCUT2D eigenvalue weighted by molar-refractivity contribution is 6.30. The number of nitrogens with zero attached hydrogens (tertiary/aromatic N) is 2. The third kappa shape index (κ3) is 4.87. The van der Waals surface area contributed by atoms with E-state index in [4.69, 9.17) is 16.3 Å². The summed E-state index contributed by atoms with van der Waals surface area (Å²) in [5.74, 6) is 0. The Labute approximate surface area is 175 Å². The van der Waals surface area contributed by atoms with Gasteiger partial charge in [-0.2, -0.15) is 0 Å². The monoisotopic (exact) mass is 411 g/mol. The average Bonchev–Trinajstić information content (AvgIpc) is 2.74. The van der Waals surface area contributed by atoms with Crippen molar-refractivity contribution in [2.45, 2.75) is 19.6 Å². The van der Waals surface area contributed by atoms with Gasteiger partial charge in [0, 0.05) is 61.9 Å². The SMILES string of the molecule is Cn1cc(CNCc2ccc(Cl)cc2)c(=O)c2cc(CN3CCOCC3)ccc21. The molecule has 0 amide bonds. The normalized spacial score (nSPS) is 15.1. The molecule has 152 valence electrons. The molecular formula is C23H26ClN3O2. The van der Waals surface area contributed by atoms with E-state index in [-0.39, 0.29) is 5.43 Å². The summed E-state index contributed by atoms with van der Waals surface area (Å²) < 4.78 is 7.46. The van der Waals surface area contributed by atoms with Crippen LogP contribution in [0.1, 0.15) is 16.7 Å². The predicted octanol–water partition coefficient (Wildman–Crippen LogP) is 3.31. The number of aromatic nitrogens is 1. The maximum Gasteiger partial charge on any atom is 0.193 e. The summed E-state index contributed by atoms with van der Waals surface area (Å²) in [7, 11) is 1.99. The zero-order chi connectivity index (χ0) is 20.2. The van der Waals surface area contributed by atoms with E-state index in [0.29, 0.717) is 13.1 Å². The van der Waals surface area contributed by atoms with Gasteiger partial charge in [-0.05, 0) is 35.4 Å². The molecule has 0 radical (unpaired) electrons. The van der Waals surface area contributed by atoms with Gasteiger partial charge in [-0.1, -0.05) is 29.8 Å². The summed E-state index contributed by atoms with van der Waals surface area (Å²) in [6.07, 6.45) is 1.93. The van der Waals surface area contributed by atoms with Crippen LogP contribution in [0.3, 0.4) is 0 Å². The number of halogens is 1. The lowest BCUT2D eigenvalue weighted by atomic mass is 10.1. The largest absolute Gasteiger partial charge is 0.379 e. The molecule has 0 spiro atoms. The zero-order valence-electron chi connectivity index (χ0n) is 16.7. The van der Waals surface area contributed by atoms with Crippen LogP contribution >= 0.6 is 11.6 Å². The van der Waals surface area contributed by atoms with Gasteiger partial charge in [0.1, 0.15) is 0 Å². The highest BCUT2D eigenvalue weighted by Crippen LogP contribution is 2.16. The topological polar surface area (TPSA) is 46.5 Å². The molecule has 2 heterocycles. The molecule has 1 aliphatic rings. The van der Waals surface area contributed by atoms with Crippen LogP contribution in [0.15, 0.2) is 53.5 Å². The van der Waals surface area contributed by atoms with Gasteiger partial charge >= 0.3 is 0 Å². The third-order valence-electron chi connectivity index (χ3n) is 5.39. The van der Waals surface area contributed by atoms with Crippen molar-refractivity contribution in [3.8, 4) is 0 Å². The third-order valence-corrected chi connectivity index (χ3v) is 5.65. The number of nitrogens with one attached hydrogen (secondary N) is 1. The molecule has 4 rings (SSSR count). The van der Waals surface area contributed by atoms with E-state index in [1.807, 2.05) is 42.1 Å². The van der Waals surface area contributed by atoms with Crippen molar-refractivity contribution in [2.75, 3.05) is 26.3 Å². The van der Waals surface area contributed by atoms with Crippen LogP contribution in [0, 0.1) is 0 Å². The van der Waals surface area contributed by atoms with Crippen LogP contribution in [0.2, 0.25) is 5.02 Å². The molecule has 1 aromatic heterocycles. The van der Waals surface area contributed by atoms with Crippen molar-refractivity contribution in [3.05, 3.63) is 80.6 Å². The van der Waals surface area contributed by atoms with E-state index in [0.717, 1.165) is 59.9 Å². The smallest absolute Gasteiger partial charge is 0.193 e. The lowest BCUT2D eigenvalue weighted by molar-refractivity contribution is 0.0342. The minimum atomic E-state index is 0.102. The summed E-state index contributed by atoms with van der Waals surface area (Å²) in [6, 6.07) is 14.0. The van der Waals surface area contributed by atoms with Gasteiger partial charge in [-0.25, -0.2) is 0 Å². The van der Waals surface area contributed by atoms with Crippen molar-refractivity contribution in [1.29, 1.82) is 0 Å². The van der Waals surface area contributed by atoms with Crippen LogP contribution < -0.4 is 10.7 Å². The fraction of sp³-hybridized carbons (Fsp3) is 0.348. The van der Waals surface area contributed by atoms with Crippen LogP contribution in [-0.4, -0.2) is 35.8 Å². The van der Waals surface area contributed by atoms with Gasteiger partial charge in [0.2, 0.25) is 0 Å². The van der Waals surface area contributed by atoms with Crippen molar-refractivity contribution in [2.24, 2.45) is 7.05 Å². The molecule has 6 heteroatoms. The first-order valence-electron chi connectivity index (χ1n) is 9.96. The Bertz CT molecular complexity index is 1040. The Morgan fingerprint density at radius 1 is 1.03 bits per heavy atom. The zero-order valence-corrected chi connectivity index (χ0v) is 17.4. The van der Waals surface area contributed by atoms with E-state index >= 15 is 0 Å². The van der Waals surface area contributed by atoms with Gasteiger partial charge < -0.3 is 14.6 Å². The van der Waals surface area contributed by atoms with Crippen molar-refractivity contribution >= 4 is 22.5 Å². The first-order valence-corrected chi connectivity index (χ1v) is 10.3. The van der Waals surface area contributed by atoms with Crippen molar-refractivity contribution in [3.63, 3.8) is 0 Å². The second-order valence-corrected chi connectivity index (χ2v) is 8.00. The van der Waals surface area contributed by atoms with E-state index in [9.17, 15) is 4.79 Å². The molecule has 1 saturated heterocycles. The molecule has 0 saturated carbocycles. The lowest BCUT2D eigenvalue weighted by Crippen LogP contribution is -2.35. The number of aryl methyl sites for hydroxylation is 1. The number of benzene rings is 2. The summed E-state index contributed by atoms with van der Waals surface area (Å²) in [5, 5.41) is 4.88. The van der Waals surface area contributed by atoms with Gasteiger partial charge in [0.15, 0.2) is 5.43 Å². The number of hydrogen-bond donors (Lipinski definition) is 1. The quantitative estimate of drug-likeness (QED) is 0.676. The van der Waals surface area contributed by atoms with E-state index in [1.165, 1.54) is 5.56 Å². The fourth-order valence-electron chi connectivity index (χ4n) is 3.79. The summed E-state index contributed by atoms with van der Waals surface area (Å²) in [6.45, 7) is 5.49.